The number of thioether (sulfide) groups is 1. The number of anilines is 2. The molecule has 4 rings (SSSR count). The van der Waals surface area contributed by atoms with Crippen LogP contribution in [0.1, 0.15) is 33.6 Å². The predicted octanol–water partition coefficient (Wildman–Crippen LogP) is 3.49. The maximum Gasteiger partial charge on any atom is 0.258 e. The van der Waals surface area contributed by atoms with Gasteiger partial charge in [0.1, 0.15) is 5.03 Å². The summed E-state index contributed by atoms with van der Waals surface area (Å²) in [5.74, 6) is 0.637. The number of amides is 1. The molecule has 0 radical (unpaired) electrons. The summed E-state index contributed by atoms with van der Waals surface area (Å²) in [5.41, 5.74) is 10.5. The van der Waals surface area contributed by atoms with Crippen molar-refractivity contribution in [2.24, 2.45) is 0 Å². The van der Waals surface area contributed by atoms with Gasteiger partial charge in [0.2, 0.25) is 5.95 Å². The van der Waals surface area contributed by atoms with E-state index in [9.17, 15) is 4.79 Å². The van der Waals surface area contributed by atoms with E-state index in [1.54, 1.807) is 30.6 Å². The van der Waals surface area contributed by atoms with E-state index in [1.807, 2.05) is 6.07 Å². The van der Waals surface area contributed by atoms with Gasteiger partial charge in [-0.1, -0.05) is 17.8 Å². The molecule has 6 nitrogen and oxygen atoms in total. The van der Waals surface area contributed by atoms with Crippen LogP contribution in [0.5, 0.6) is 0 Å². The normalized spacial score (nSPS) is 12.6. The van der Waals surface area contributed by atoms with Crippen LogP contribution in [0.25, 0.3) is 0 Å². The van der Waals surface area contributed by atoms with E-state index in [1.165, 1.54) is 29.3 Å². The van der Waals surface area contributed by atoms with Crippen LogP contribution in [0.4, 0.5) is 11.6 Å². The van der Waals surface area contributed by atoms with Gasteiger partial charge in [-0.3, -0.25) is 4.79 Å². The van der Waals surface area contributed by atoms with Crippen LogP contribution >= 0.6 is 11.8 Å². The molecular weight excluding hydrogens is 358 g/mol. The Morgan fingerprint density at radius 3 is 2.89 bits per heavy atom. The number of benzene rings is 1. The lowest BCUT2D eigenvalue weighted by Crippen LogP contribution is -2.14. The second-order valence-corrected chi connectivity index (χ2v) is 7.31. The van der Waals surface area contributed by atoms with Gasteiger partial charge < -0.3 is 11.1 Å². The van der Waals surface area contributed by atoms with Crippen LogP contribution in [-0.4, -0.2) is 20.9 Å². The first-order valence-corrected chi connectivity index (χ1v) is 9.76. The van der Waals surface area contributed by atoms with E-state index in [0.717, 1.165) is 24.2 Å². The molecule has 0 aliphatic heterocycles. The minimum atomic E-state index is -0.161. The van der Waals surface area contributed by atoms with Gasteiger partial charge in [-0.2, -0.15) is 0 Å². The SMILES string of the molecule is Nc1nccc(CSc2ncccc2C(=O)Nc2ccc3c(c2)CCC3)n1. The number of rotatable bonds is 5. The van der Waals surface area contributed by atoms with Crippen LogP contribution in [0.15, 0.2) is 53.8 Å². The smallest absolute Gasteiger partial charge is 0.258 e. The second-order valence-electron chi connectivity index (χ2n) is 6.34. The lowest BCUT2D eigenvalue weighted by Gasteiger charge is -2.10. The van der Waals surface area contributed by atoms with Gasteiger partial charge in [0.05, 0.1) is 11.3 Å². The molecule has 2 heterocycles. The molecule has 0 unspecified atom stereocenters. The molecular formula is C20H19N5OS. The van der Waals surface area contributed by atoms with Crippen molar-refractivity contribution in [1.29, 1.82) is 0 Å². The van der Waals surface area contributed by atoms with Crippen molar-refractivity contribution < 1.29 is 4.79 Å². The van der Waals surface area contributed by atoms with Crippen molar-refractivity contribution in [3.05, 3.63) is 71.2 Å². The first-order chi connectivity index (χ1) is 13.2. The minimum Gasteiger partial charge on any atom is -0.368 e. The fourth-order valence-corrected chi connectivity index (χ4v) is 4.06. The topological polar surface area (TPSA) is 93.8 Å². The Labute approximate surface area is 161 Å². The summed E-state index contributed by atoms with van der Waals surface area (Å²) < 4.78 is 0. The maximum atomic E-state index is 12.8. The van der Waals surface area contributed by atoms with Gasteiger partial charge in [0.25, 0.3) is 5.91 Å². The first-order valence-electron chi connectivity index (χ1n) is 8.77. The molecule has 1 aliphatic rings. The van der Waals surface area contributed by atoms with E-state index >= 15 is 0 Å². The molecule has 0 spiro atoms. The van der Waals surface area contributed by atoms with E-state index in [0.29, 0.717) is 16.3 Å². The first kappa shape index (κ1) is 17.5. The standard InChI is InChI=1S/C20H19N5OS/c21-20-23-10-8-16(25-20)12-27-19-17(5-2-9-22-19)18(26)24-15-7-6-13-3-1-4-14(13)11-15/h2,5-11H,1,3-4,12H2,(H,24,26)(H2,21,23,25). The number of carbonyl (C=O) groups excluding carboxylic acids is 1. The Morgan fingerprint density at radius 2 is 2.00 bits per heavy atom. The van der Waals surface area contributed by atoms with Crippen LogP contribution in [0.3, 0.4) is 0 Å². The summed E-state index contributed by atoms with van der Waals surface area (Å²) >= 11 is 1.45. The largest absolute Gasteiger partial charge is 0.368 e. The highest BCUT2D eigenvalue weighted by Gasteiger charge is 2.15. The third kappa shape index (κ3) is 4.09. The summed E-state index contributed by atoms with van der Waals surface area (Å²) in [6.07, 6.45) is 6.69. The number of nitrogens with one attached hydrogen (secondary N) is 1. The molecule has 2 aromatic heterocycles. The van der Waals surface area contributed by atoms with Crippen molar-refractivity contribution >= 4 is 29.3 Å². The average Bonchev–Trinajstić information content (AvgIpc) is 3.14. The zero-order valence-electron chi connectivity index (χ0n) is 14.7. The Bertz CT molecular complexity index is 992. The summed E-state index contributed by atoms with van der Waals surface area (Å²) in [4.78, 5) is 25.2. The molecule has 0 atom stereocenters. The van der Waals surface area contributed by atoms with Gasteiger partial charge in [0, 0.05) is 23.8 Å². The molecule has 3 N–H and O–H groups in total. The number of pyridine rings is 1. The molecule has 1 aromatic carbocycles. The highest BCUT2D eigenvalue weighted by molar-refractivity contribution is 7.98. The van der Waals surface area contributed by atoms with Crippen molar-refractivity contribution in [1.82, 2.24) is 15.0 Å². The van der Waals surface area contributed by atoms with Crippen LogP contribution in [0.2, 0.25) is 0 Å². The van der Waals surface area contributed by atoms with Gasteiger partial charge >= 0.3 is 0 Å². The number of hydrogen-bond donors (Lipinski definition) is 2. The molecule has 27 heavy (non-hydrogen) atoms. The Balaban J connectivity index is 1.49. The molecule has 7 heteroatoms. The number of fused-ring (bicyclic) bond motifs is 1. The van der Waals surface area contributed by atoms with E-state index < -0.39 is 0 Å². The van der Waals surface area contributed by atoms with Crippen molar-refractivity contribution in [3.63, 3.8) is 0 Å². The number of carbonyl (C=O) groups is 1. The minimum absolute atomic E-state index is 0.161. The van der Waals surface area contributed by atoms with Gasteiger partial charge in [-0.15, -0.1) is 0 Å². The quantitative estimate of drug-likeness (QED) is 0.661. The van der Waals surface area contributed by atoms with E-state index in [-0.39, 0.29) is 11.9 Å². The summed E-state index contributed by atoms with van der Waals surface area (Å²) in [5, 5.41) is 3.66. The van der Waals surface area contributed by atoms with Crippen molar-refractivity contribution in [3.8, 4) is 0 Å². The van der Waals surface area contributed by atoms with Crippen LogP contribution in [-0.2, 0) is 18.6 Å². The number of aryl methyl sites for hydroxylation is 2. The number of nitrogens with zero attached hydrogens (tertiary/aromatic N) is 3. The summed E-state index contributed by atoms with van der Waals surface area (Å²) in [6.45, 7) is 0. The molecule has 0 saturated carbocycles. The second kappa shape index (κ2) is 7.75. The maximum absolute atomic E-state index is 12.8. The molecule has 1 aliphatic carbocycles. The fourth-order valence-electron chi connectivity index (χ4n) is 3.16. The summed E-state index contributed by atoms with van der Waals surface area (Å²) in [6, 6.07) is 11.5. The molecule has 0 bridgehead atoms. The summed E-state index contributed by atoms with van der Waals surface area (Å²) in [7, 11) is 0. The monoisotopic (exact) mass is 377 g/mol. The highest BCUT2D eigenvalue weighted by atomic mass is 32.2. The molecule has 136 valence electrons. The lowest BCUT2D eigenvalue weighted by atomic mass is 10.1. The Morgan fingerprint density at radius 1 is 1.11 bits per heavy atom. The van der Waals surface area contributed by atoms with Gasteiger partial charge in [-0.25, -0.2) is 15.0 Å². The van der Waals surface area contributed by atoms with Gasteiger partial charge in [-0.05, 0) is 60.7 Å². The highest BCUT2D eigenvalue weighted by Crippen LogP contribution is 2.27. The zero-order valence-corrected chi connectivity index (χ0v) is 15.5. The van der Waals surface area contributed by atoms with Crippen LogP contribution in [0, 0.1) is 0 Å². The number of nitrogens with two attached hydrogens (primary N) is 1. The number of nitrogen functional groups attached to an aromatic ring is 1. The van der Waals surface area contributed by atoms with Crippen molar-refractivity contribution in [2.75, 3.05) is 11.1 Å². The fraction of sp³-hybridized carbons (Fsp3) is 0.200. The molecule has 1 amide bonds. The molecule has 0 fully saturated rings. The molecule has 0 saturated heterocycles. The Kier molecular flexibility index (Phi) is 5.02. The van der Waals surface area contributed by atoms with Crippen molar-refractivity contribution in [2.45, 2.75) is 30.0 Å². The number of hydrogen-bond acceptors (Lipinski definition) is 6. The Hall–Kier alpha value is -2.93. The number of aromatic nitrogens is 3. The third-order valence-corrected chi connectivity index (χ3v) is 5.50. The lowest BCUT2D eigenvalue weighted by molar-refractivity contribution is 0.102. The van der Waals surface area contributed by atoms with E-state index in [4.69, 9.17) is 5.73 Å². The zero-order chi connectivity index (χ0) is 18.6. The average molecular weight is 377 g/mol. The van der Waals surface area contributed by atoms with Gasteiger partial charge in [0.15, 0.2) is 0 Å². The van der Waals surface area contributed by atoms with Crippen LogP contribution < -0.4 is 11.1 Å². The third-order valence-electron chi connectivity index (χ3n) is 4.46. The van der Waals surface area contributed by atoms with E-state index in [2.05, 4.69) is 32.4 Å². The predicted molar refractivity (Wildman–Crippen MR) is 107 cm³/mol. The molecule has 3 aromatic rings.